The Balaban J connectivity index is 1.87. The van der Waals surface area contributed by atoms with Crippen LogP contribution >= 0.6 is 11.6 Å². The second kappa shape index (κ2) is 5.86. The van der Waals surface area contributed by atoms with E-state index in [1.165, 1.54) is 6.07 Å². The van der Waals surface area contributed by atoms with Crippen molar-refractivity contribution in [2.45, 2.75) is 17.7 Å². The second-order valence-electron chi connectivity index (χ2n) is 5.28. The average Bonchev–Trinajstić information content (AvgIpc) is 2.90. The average molecular weight is 352 g/mol. The highest BCUT2D eigenvalue weighted by molar-refractivity contribution is 7.90. The van der Waals surface area contributed by atoms with Crippen molar-refractivity contribution in [2.75, 3.05) is 6.61 Å². The lowest BCUT2D eigenvalue weighted by Gasteiger charge is -2.12. The van der Waals surface area contributed by atoms with Gasteiger partial charge in [0.05, 0.1) is 4.90 Å². The van der Waals surface area contributed by atoms with Gasteiger partial charge in [0.1, 0.15) is 18.3 Å². The third-order valence-corrected chi connectivity index (χ3v) is 5.43. The molecule has 1 N–H and O–H groups in total. The normalized spacial score (nSPS) is 16.5. The molecular formula is C16H14ClNO4S. The molecule has 0 saturated heterocycles. The van der Waals surface area contributed by atoms with Gasteiger partial charge in [-0.05, 0) is 36.8 Å². The number of rotatable bonds is 3. The number of nitrogens with one attached hydrogen (secondary N) is 1. The molecule has 23 heavy (non-hydrogen) atoms. The Morgan fingerprint density at radius 1 is 1.26 bits per heavy atom. The van der Waals surface area contributed by atoms with Gasteiger partial charge in [0.2, 0.25) is 5.91 Å². The molecule has 120 valence electrons. The zero-order chi connectivity index (χ0) is 16.6. The van der Waals surface area contributed by atoms with E-state index in [1.54, 1.807) is 43.3 Å². The zero-order valence-corrected chi connectivity index (χ0v) is 13.8. The lowest BCUT2D eigenvalue weighted by atomic mass is 10.0. The van der Waals surface area contributed by atoms with Crippen molar-refractivity contribution < 1.29 is 17.9 Å². The first-order valence-electron chi connectivity index (χ1n) is 6.93. The van der Waals surface area contributed by atoms with Gasteiger partial charge in [0.15, 0.2) is 0 Å². The van der Waals surface area contributed by atoms with Gasteiger partial charge < -0.3 is 4.74 Å². The van der Waals surface area contributed by atoms with Crippen LogP contribution in [0.1, 0.15) is 17.0 Å². The molecule has 2 aromatic carbocycles. The summed E-state index contributed by atoms with van der Waals surface area (Å²) in [6.45, 7) is 1.76. The first-order chi connectivity index (χ1) is 10.9. The van der Waals surface area contributed by atoms with Gasteiger partial charge >= 0.3 is 0 Å². The molecule has 5 nitrogen and oxygen atoms in total. The van der Waals surface area contributed by atoms with Crippen LogP contribution in [0.15, 0.2) is 47.4 Å². The standard InChI is InChI=1S/C16H14ClNO4S/c1-10-4-2-3-5-15(10)23(20,21)18-16(19)13-9-22-14-7-6-11(17)8-12(13)14/h2-8,13H,9H2,1H3,(H,18,19)/t13-/m1/s1. The summed E-state index contributed by atoms with van der Waals surface area (Å²) in [5.41, 5.74) is 1.16. The van der Waals surface area contributed by atoms with Crippen LogP contribution in [0.4, 0.5) is 0 Å². The molecule has 1 amide bonds. The Morgan fingerprint density at radius 2 is 2.00 bits per heavy atom. The van der Waals surface area contributed by atoms with Crippen molar-refractivity contribution in [3.05, 3.63) is 58.6 Å². The van der Waals surface area contributed by atoms with Crippen LogP contribution in [0.5, 0.6) is 5.75 Å². The zero-order valence-electron chi connectivity index (χ0n) is 12.2. The minimum Gasteiger partial charge on any atom is -0.492 e. The molecule has 1 atom stereocenters. The Labute approximate surface area is 139 Å². The van der Waals surface area contributed by atoms with Gasteiger partial charge in [-0.3, -0.25) is 4.79 Å². The number of hydrogen-bond acceptors (Lipinski definition) is 4. The molecule has 0 spiro atoms. The number of fused-ring (bicyclic) bond motifs is 1. The molecule has 1 aliphatic rings. The summed E-state index contributed by atoms with van der Waals surface area (Å²) in [6.07, 6.45) is 0. The fraction of sp³-hybridized carbons (Fsp3) is 0.188. The van der Waals surface area contributed by atoms with Crippen LogP contribution in [0.25, 0.3) is 0 Å². The molecule has 1 heterocycles. The maximum atomic E-state index is 12.4. The first kappa shape index (κ1) is 15.8. The highest BCUT2D eigenvalue weighted by atomic mass is 35.5. The minimum atomic E-state index is -3.93. The van der Waals surface area contributed by atoms with E-state index in [0.717, 1.165) is 0 Å². The third kappa shape index (κ3) is 3.04. The monoisotopic (exact) mass is 351 g/mol. The third-order valence-electron chi connectivity index (χ3n) is 3.69. The lowest BCUT2D eigenvalue weighted by Crippen LogP contribution is -2.35. The Kier molecular flexibility index (Phi) is 4.04. The molecule has 0 aliphatic carbocycles. The molecule has 1 aliphatic heterocycles. The van der Waals surface area contributed by atoms with Gasteiger partial charge in [-0.15, -0.1) is 0 Å². The van der Waals surface area contributed by atoms with E-state index in [2.05, 4.69) is 4.72 Å². The number of sulfonamides is 1. The van der Waals surface area contributed by atoms with E-state index in [0.29, 0.717) is 21.9 Å². The number of aryl methyl sites for hydroxylation is 1. The van der Waals surface area contributed by atoms with Crippen molar-refractivity contribution in [1.29, 1.82) is 0 Å². The van der Waals surface area contributed by atoms with Crippen LogP contribution in [0.3, 0.4) is 0 Å². The van der Waals surface area contributed by atoms with Crippen LogP contribution in [0, 0.1) is 6.92 Å². The number of amides is 1. The van der Waals surface area contributed by atoms with Gasteiger partial charge in [-0.25, -0.2) is 13.1 Å². The number of hydrogen-bond donors (Lipinski definition) is 1. The molecule has 0 unspecified atom stereocenters. The van der Waals surface area contributed by atoms with Crippen molar-refractivity contribution in [2.24, 2.45) is 0 Å². The first-order valence-corrected chi connectivity index (χ1v) is 8.79. The number of carbonyl (C=O) groups excluding carboxylic acids is 1. The Hall–Kier alpha value is -2.05. The predicted molar refractivity (Wildman–Crippen MR) is 86.2 cm³/mol. The van der Waals surface area contributed by atoms with Crippen molar-refractivity contribution in [1.82, 2.24) is 4.72 Å². The van der Waals surface area contributed by atoms with E-state index >= 15 is 0 Å². The molecular weight excluding hydrogens is 338 g/mol. The number of halogens is 1. The Bertz CT molecular complexity index is 879. The van der Waals surface area contributed by atoms with Crippen molar-refractivity contribution in [3.63, 3.8) is 0 Å². The quantitative estimate of drug-likeness (QED) is 0.922. The highest BCUT2D eigenvalue weighted by Gasteiger charge is 2.33. The van der Waals surface area contributed by atoms with Crippen LogP contribution < -0.4 is 9.46 Å². The molecule has 0 aromatic heterocycles. The molecule has 3 rings (SSSR count). The van der Waals surface area contributed by atoms with Gasteiger partial charge in [-0.2, -0.15) is 0 Å². The van der Waals surface area contributed by atoms with E-state index in [4.69, 9.17) is 16.3 Å². The topological polar surface area (TPSA) is 72.5 Å². The molecule has 0 bridgehead atoms. The number of benzene rings is 2. The van der Waals surface area contributed by atoms with Gasteiger partial charge in [-0.1, -0.05) is 29.8 Å². The van der Waals surface area contributed by atoms with Crippen molar-refractivity contribution >= 4 is 27.5 Å². The summed E-state index contributed by atoms with van der Waals surface area (Å²) in [6, 6.07) is 11.4. The molecule has 2 aromatic rings. The van der Waals surface area contributed by atoms with Gasteiger partial charge in [0, 0.05) is 10.6 Å². The summed E-state index contributed by atoms with van der Waals surface area (Å²) in [4.78, 5) is 12.5. The molecule has 0 radical (unpaired) electrons. The summed E-state index contributed by atoms with van der Waals surface area (Å²) >= 11 is 5.94. The van der Waals surface area contributed by atoms with E-state index in [1.807, 2.05) is 0 Å². The molecule has 0 fully saturated rings. The Morgan fingerprint density at radius 3 is 2.74 bits per heavy atom. The SMILES string of the molecule is Cc1ccccc1S(=O)(=O)NC(=O)[C@@H]1COc2ccc(Cl)cc21. The maximum Gasteiger partial charge on any atom is 0.264 e. The predicted octanol–water partition coefficient (Wildman–Crippen LogP) is 2.63. The van der Waals surface area contributed by atoms with E-state index < -0.39 is 21.8 Å². The molecule has 7 heteroatoms. The smallest absolute Gasteiger partial charge is 0.264 e. The van der Waals surface area contributed by atoms with Gasteiger partial charge in [0.25, 0.3) is 10.0 Å². The van der Waals surface area contributed by atoms with Crippen LogP contribution in [0.2, 0.25) is 5.02 Å². The van der Waals surface area contributed by atoms with Crippen LogP contribution in [-0.2, 0) is 14.8 Å². The summed E-state index contributed by atoms with van der Waals surface area (Å²) < 4.78 is 32.3. The summed E-state index contributed by atoms with van der Waals surface area (Å²) in [5, 5.41) is 0.466. The minimum absolute atomic E-state index is 0.0820. The lowest BCUT2D eigenvalue weighted by molar-refractivity contribution is -0.120. The maximum absolute atomic E-state index is 12.4. The number of ether oxygens (including phenoxy) is 1. The molecule has 0 saturated carbocycles. The van der Waals surface area contributed by atoms with E-state index in [9.17, 15) is 13.2 Å². The fourth-order valence-corrected chi connectivity index (χ4v) is 3.97. The summed E-state index contributed by atoms with van der Waals surface area (Å²) in [7, 11) is -3.93. The second-order valence-corrected chi connectivity index (χ2v) is 7.37. The van der Waals surface area contributed by atoms with Crippen LogP contribution in [-0.4, -0.2) is 20.9 Å². The fourth-order valence-electron chi connectivity index (χ4n) is 2.52. The summed E-state index contributed by atoms with van der Waals surface area (Å²) in [5.74, 6) is -0.792. The van der Waals surface area contributed by atoms with Crippen molar-refractivity contribution in [3.8, 4) is 5.75 Å². The largest absolute Gasteiger partial charge is 0.492 e. The van der Waals surface area contributed by atoms with E-state index in [-0.39, 0.29) is 11.5 Å². The number of carbonyl (C=O) groups is 1. The highest BCUT2D eigenvalue weighted by Crippen LogP contribution is 2.36.